The van der Waals surface area contributed by atoms with Crippen LogP contribution in [-0.4, -0.2) is 32.4 Å². The molecule has 0 spiro atoms. The number of rotatable bonds is 17. The Labute approximate surface area is 221 Å². The molecule has 0 aliphatic carbocycles. The van der Waals surface area contributed by atoms with Gasteiger partial charge in [-0.15, -0.1) is 4.99 Å². The zero-order valence-corrected chi connectivity index (χ0v) is 20.4. The Morgan fingerprint density at radius 1 is 0.675 bits per heavy atom. The Balaban J connectivity index is 4.01. The van der Waals surface area contributed by atoms with Crippen LogP contribution in [0.5, 0.6) is 0 Å². The summed E-state index contributed by atoms with van der Waals surface area (Å²) in [6, 6.07) is 0. The van der Waals surface area contributed by atoms with Crippen molar-refractivity contribution in [3.05, 3.63) is 93.2 Å². The van der Waals surface area contributed by atoms with Crippen molar-refractivity contribution < 1.29 is 9.59 Å². The minimum atomic E-state index is -1.44. The SMILES string of the molecule is Cn1c(=O)n(CCCCCCN=C=O)c(=O)n(/C(N=[N-])=C(N=[N-])/C(N=[N-])=C(N=[N-])/C(N=[N-])=C(\N=[N-])N=C=O)c1=O. The molecule has 1 rings (SSSR count). The lowest BCUT2D eigenvalue weighted by molar-refractivity contribution is 0.491. The molecule has 40 heavy (non-hydrogen) atoms. The molecular formula is C18H15N17O5-6. The second-order valence-corrected chi connectivity index (χ2v) is 7.13. The summed E-state index contributed by atoms with van der Waals surface area (Å²) in [5, 5.41) is 15.6. The Bertz CT molecular complexity index is 1590. The lowest BCUT2D eigenvalue weighted by Gasteiger charge is -2.20. The molecular weight excluding hydrogens is 534 g/mol. The first kappa shape index (κ1) is 32.0. The van der Waals surface area contributed by atoms with Crippen LogP contribution in [0.4, 0.5) is 0 Å². The molecule has 0 saturated heterocycles. The quantitative estimate of drug-likeness (QED) is 0.0926. The fourth-order valence-corrected chi connectivity index (χ4v) is 3.10. The van der Waals surface area contributed by atoms with Crippen LogP contribution in [0, 0.1) is 0 Å². The molecule has 0 bridgehead atoms. The first-order valence-corrected chi connectivity index (χ1v) is 10.6. The van der Waals surface area contributed by atoms with Crippen LogP contribution in [0.15, 0.2) is 83.7 Å². The third-order valence-corrected chi connectivity index (χ3v) is 4.93. The summed E-state index contributed by atoms with van der Waals surface area (Å²) in [5.41, 5.74) is 47.4. The van der Waals surface area contributed by atoms with Gasteiger partial charge in [0.25, 0.3) is 0 Å². The van der Waals surface area contributed by atoms with E-state index in [9.17, 15) is 51.6 Å². The standard InChI is InChI=1S/C18H15N17O5/c1-33-16(38)34(7-5-3-2-4-6-25-8-36)18(40)35(17(33)39)15(32-24)13(30-22)11(28-20)10(27-19)12(29-21)14(31-23)26-9-37/h2-7H2,1H3/q-6/b11-10+,14-12+,15-13-. The molecule has 0 aliphatic rings. The maximum Gasteiger partial charge on any atom is 0.342 e. The highest BCUT2D eigenvalue weighted by Crippen LogP contribution is 2.31. The van der Waals surface area contributed by atoms with E-state index in [1.807, 2.05) is 0 Å². The van der Waals surface area contributed by atoms with Gasteiger partial charge in [0.1, 0.15) is 11.4 Å². The predicted octanol–water partition coefficient (Wildman–Crippen LogP) is 2.58. The normalized spacial score (nSPS) is 12.3. The lowest BCUT2D eigenvalue weighted by Crippen LogP contribution is -2.53. The molecule has 208 valence electrons. The number of unbranched alkanes of at least 4 members (excludes halogenated alkanes) is 3. The first-order chi connectivity index (χ1) is 19.2. The number of isocyanates is 2. The summed E-state index contributed by atoms with van der Waals surface area (Å²) in [7, 11) is 0.957. The van der Waals surface area contributed by atoms with Crippen LogP contribution in [0.3, 0.4) is 0 Å². The van der Waals surface area contributed by atoms with Gasteiger partial charge >= 0.3 is 17.1 Å². The predicted molar refractivity (Wildman–Crippen MR) is 132 cm³/mol. The van der Waals surface area contributed by atoms with Crippen LogP contribution in [0.1, 0.15) is 25.7 Å². The highest BCUT2D eigenvalue weighted by Gasteiger charge is 2.21. The maximum atomic E-state index is 13.1. The van der Waals surface area contributed by atoms with Gasteiger partial charge in [0.2, 0.25) is 12.2 Å². The second kappa shape index (κ2) is 16.0. The van der Waals surface area contributed by atoms with E-state index in [1.54, 1.807) is 0 Å². The lowest BCUT2D eigenvalue weighted by atomic mass is 10.2. The molecule has 22 nitrogen and oxygen atoms in total. The molecule has 1 aromatic rings. The third kappa shape index (κ3) is 7.06. The first-order valence-electron chi connectivity index (χ1n) is 10.6. The minimum absolute atomic E-state index is 0.0236. The molecule has 0 saturated carbocycles. The molecule has 1 heterocycles. The number of aromatic nitrogens is 3. The van der Waals surface area contributed by atoms with Crippen molar-refractivity contribution in [2.45, 2.75) is 32.2 Å². The Morgan fingerprint density at radius 3 is 1.75 bits per heavy atom. The van der Waals surface area contributed by atoms with Gasteiger partial charge in [0.05, 0.1) is 17.9 Å². The molecule has 0 amide bonds. The van der Waals surface area contributed by atoms with E-state index in [2.05, 4.69) is 40.7 Å². The number of nitrogens with zero attached hydrogens (tertiary/aromatic N) is 17. The third-order valence-electron chi connectivity index (χ3n) is 4.93. The van der Waals surface area contributed by atoms with Gasteiger partial charge in [-0.3, -0.25) is 0 Å². The van der Waals surface area contributed by atoms with Gasteiger partial charge in [-0.25, -0.2) is 38.1 Å². The van der Waals surface area contributed by atoms with Crippen molar-refractivity contribution in [2.24, 2.45) is 47.7 Å². The van der Waals surface area contributed by atoms with E-state index >= 15 is 0 Å². The van der Waals surface area contributed by atoms with Gasteiger partial charge in [0.15, 0.2) is 11.6 Å². The minimum Gasteiger partial charge on any atom is -0.706 e. The molecule has 0 atom stereocenters. The average molecular weight is 549 g/mol. The average Bonchev–Trinajstić information content (AvgIpc) is 2.96. The van der Waals surface area contributed by atoms with Crippen LogP contribution >= 0.6 is 0 Å². The van der Waals surface area contributed by atoms with Crippen LogP contribution in [0.2, 0.25) is 0 Å². The van der Waals surface area contributed by atoms with E-state index in [0.717, 1.165) is 13.1 Å². The molecule has 1 aromatic heterocycles. The Hall–Kier alpha value is -6.01. The summed E-state index contributed by atoms with van der Waals surface area (Å²) in [6.07, 6.45) is 4.07. The van der Waals surface area contributed by atoms with Crippen molar-refractivity contribution in [2.75, 3.05) is 6.54 Å². The zero-order chi connectivity index (χ0) is 30.2. The van der Waals surface area contributed by atoms with Crippen molar-refractivity contribution >= 4 is 18.0 Å². The van der Waals surface area contributed by atoms with E-state index in [-0.39, 0.29) is 24.1 Å². The summed E-state index contributed by atoms with van der Waals surface area (Å²) in [4.78, 5) is 65.4. The zero-order valence-electron chi connectivity index (χ0n) is 20.4. The fraction of sp³-hybridized carbons (Fsp3) is 0.389. The number of aliphatic imine (C=N–C) groups is 2. The highest BCUT2D eigenvalue weighted by atomic mass is 16.2. The summed E-state index contributed by atoms with van der Waals surface area (Å²) in [5.74, 6) is -2.49. The van der Waals surface area contributed by atoms with Gasteiger partial charge in [-0.2, -0.15) is 4.57 Å². The van der Waals surface area contributed by atoms with E-state index in [1.165, 1.54) is 6.08 Å². The van der Waals surface area contributed by atoms with Gasteiger partial charge in [-0.05, 0) is 12.8 Å². The summed E-state index contributed by atoms with van der Waals surface area (Å²) < 4.78 is 1.01. The number of hydrogen-bond donors (Lipinski definition) is 0. The largest absolute Gasteiger partial charge is 0.706 e. The summed E-state index contributed by atoms with van der Waals surface area (Å²) >= 11 is 0. The van der Waals surface area contributed by atoms with E-state index in [0.29, 0.717) is 28.4 Å². The molecule has 0 aromatic carbocycles. The van der Waals surface area contributed by atoms with Crippen molar-refractivity contribution in [3.8, 4) is 0 Å². The molecule has 0 N–H and O–H groups in total. The van der Waals surface area contributed by atoms with Crippen molar-refractivity contribution in [1.29, 1.82) is 0 Å². The molecule has 0 radical (unpaired) electrons. The topological polar surface area (TPSA) is 333 Å². The molecule has 22 heteroatoms. The molecule has 0 unspecified atom stereocenters. The molecule has 0 aliphatic heterocycles. The smallest absolute Gasteiger partial charge is 0.342 e. The maximum absolute atomic E-state index is 13.1. The number of carbonyl (C=O) groups excluding carboxylic acids is 2. The van der Waals surface area contributed by atoms with Crippen molar-refractivity contribution in [1.82, 2.24) is 13.7 Å². The van der Waals surface area contributed by atoms with Crippen LogP contribution in [0.25, 0.3) is 39.0 Å². The fourth-order valence-electron chi connectivity index (χ4n) is 3.10. The summed E-state index contributed by atoms with van der Waals surface area (Å²) in [6.45, 7) is -0.0158. The van der Waals surface area contributed by atoms with Gasteiger partial charge in [0, 0.05) is 13.6 Å². The van der Waals surface area contributed by atoms with E-state index in [4.69, 9.17) is 5.53 Å². The van der Waals surface area contributed by atoms with Gasteiger partial charge in [-0.1, -0.05) is 12.8 Å². The Kier molecular flexibility index (Phi) is 12.8. The van der Waals surface area contributed by atoms with Gasteiger partial charge < -0.3 is 63.9 Å². The Morgan fingerprint density at radius 2 is 1.25 bits per heavy atom. The van der Waals surface area contributed by atoms with Crippen LogP contribution in [-0.2, 0) is 23.2 Å². The second-order valence-electron chi connectivity index (χ2n) is 7.13. The van der Waals surface area contributed by atoms with E-state index < -0.39 is 51.5 Å². The van der Waals surface area contributed by atoms with Crippen molar-refractivity contribution in [3.63, 3.8) is 0 Å². The number of hydrogen-bond acceptors (Lipinski definition) is 13. The molecule has 0 fully saturated rings. The van der Waals surface area contributed by atoms with Crippen LogP contribution < -0.4 is 17.1 Å². The highest BCUT2D eigenvalue weighted by molar-refractivity contribution is 5.59. The monoisotopic (exact) mass is 549 g/mol.